The lowest BCUT2D eigenvalue weighted by molar-refractivity contribution is -0.178. The van der Waals surface area contributed by atoms with E-state index in [1.165, 1.54) is 13.8 Å². The first-order valence-corrected chi connectivity index (χ1v) is 11.4. The lowest BCUT2D eigenvalue weighted by Gasteiger charge is -2.44. The van der Waals surface area contributed by atoms with Crippen LogP contribution >= 0.6 is 0 Å². The van der Waals surface area contributed by atoms with Crippen LogP contribution in [-0.4, -0.2) is 59.5 Å². The first kappa shape index (κ1) is 25.2. The van der Waals surface area contributed by atoms with Crippen LogP contribution in [0.3, 0.4) is 0 Å². The van der Waals surface area contributed by atoms with E-state index in [2.05, 4.69) is 6.58 Å². The van der Waals surface area contributed by atoms with Gasteiger partial charge in [-0.1, -0.05) is 34.3 Å². The standard InChI is InChI=1S/C24H34O9/c1-10(2)8-17(27)32-15-9-16(30-13(5)25)24(7)19(15)12(4)20(28)21-18(11(3)23(29)33-21)22(24)31-14(6)26/h10,12,15-16,18-22,28H,3,8-9H2,1-2,4-7H3/t12-,15-,16+,18+,19+,20+,21+,22+,24+/m0/s1. The van der Waals surface area contributed by atoms with E-state index in [1.807, 2.05) is 13.8 Å². The molecular formula is C24H34O9. The maximum atomic E-state index is 12.6. The Morgan fingerprint density at radius 3 is 2.33 bits per heavy atom. The Hall–Kier alpha value is -2.42. The Morgan fingerprint density at radius 1 is 1.18 bits per heavy atom. The molecule has 184 valence electrons. The van der Waals surface area contributed by atoms with Crippen molar-refractivity contribution in [2.75, 3.05) is 0 Å². The van der Waals surface area contributed by atoms with Crippen molar-refractivity contribution in [3.8, 4) is 0 Å². The number of ether oxygens (including phenoxy) is 4. The molecule has 33 heavy (non-hydrogen) atoms. The highest BCUT2D eigenvalue weighted by Crippen LogP contribution is 2.59. The van der Waals surface area contributed by atoms with Gasteiger partial charge in [0.15, 0.2) is 0 Å². The third-order valence-electron chi connectivity index (χ3n) is 7.36. The summed E-state index contributed by atoms with van der Waals surface area (Å²) in [7, 11) is 0. The lowest BCUT2D eigenvalue weighted by Crippen LogP contribution is -2.52. The van der Waals surface area contributed by atoms with Gasteiger partial charge in [0, 0.05) is 43.6 Å². The Kier molecular flexibility index (Phi) is 6.94. The second kappa shape index (κ2) is 9.08. The maximum absolute atomic E-state index is 12.6. The van der Waals surface area contributed by atoms with Crippen molar-refractivity contribution in [2.24, 2.45) is 29.1 Å². The average molecular weight is 467 g/mol. The zero-order valence-corrected chi connectivity index (χ0v) is 20.0. The zero-order valence-electron chi connectivity index (χ0n) is 20.0. The van der Waals surface area contributed by atoms with Crippen molar-refractivity contribution in [3.05, 3.63) is 12.2 Å². The molecule has 2 aliphatic carbocycles. The minimum absolute atomic E-state index is 0.0844. The van der Waals surface area contributed by atoms with E-state index in [-0.39, 0.29) is 24.3 Å². The van der Waals surface area contributed by atoms with E-state index in [0.717, 1.165) is 0 Å². The topological polar surface area (TPSA) is 125 Å². The van der Waals surface area contributed by atoms with Crippen LogP contribution in [0, 0.1) is 29.1 Å². The van der Waals surface area contributed by atoms with Gasteiger partial charge in [0.05, 0.1) is 12.0 Å². The van der Waals surface area contributed by atoms with Crippen LogP contribution in [0.4, 0.5) is 0 Å². The van der Waals surface area contributed by atoms with Gasteiger partial charge in [0.25, 0.3) is 0 Å². The first-order chi connectivity index (χ1) is 15.3. The van der Waals surface area contributed by atoms with Gasteiger partial charge in [0.2, 0.25) is 0 Å². The van der Waals surface area contributed by atoms with Gasteiger partial charge >= 0.3 is 23.9 Å². The molecule has 0 radical (unpaired) electrons. The van der Waals surface area contributed by atoms with E-state index in [0.29, 0.717) is 0 Å². The summed E-state index contributed by atoms with van der Waals surface area (Å²) in [5.41, 5.74) is -1.00. The summed E-state index contributed by atoms with van der Waals surface area (Å²) in [6, 6.07) is 0. The maximum Gasteiger partial charge on any atom is 0.334 e. The minimum atomic E-state index is -1.13. The average Bonchev–Trinajstić information content (AvgIpc) is 3.09. The summed E-state index contributed by atoms with van der Waals surface area (Å²) in [4.78, 5) is 49.1. The number of fused-ring (bicyclic) bond motifs is 2. The molecule has 0 spiro atoms. The fourth-order valence-electron chi connectivity index (χ4n) is 6.07. The van der Waals surface area contributed by atoms with Crippen LogP contribution in [-0.2, 0) is 38.1 Å². The molecule has 0 unspecified atom stereocenters. The van der Waals surface area contributed by atoms with Crippen LogP contribution in [0.25, 0.3) is 0 Å². The Bertz CT molecular complexity index is 849. The quantitative estimate of drug-likeness (QED) is 0.367. The van der Waals surface area contributed by atoms with Gasteiger partial charge in [-0.25, -0.2) is 4.79 Å². The smallest absolute Gasteiger partial charge is 0.334 e. The Morgan fingerprint density at radius 2 is 1.79 bits per heavy atom. The molecule has 0 amide bonds. The number of aliphatic hydroxyl groups is 1. The normalized spacial score (nSPS) is 39.9. The van der Waals surface area contributed by atoms with Crippen LogP contribution in [0.2, 0.25) is 0 Å². The molecule has 0 bridgehead atoms. The van der Waals surface area contributed by atoms with Gasteiger partial charge in [0.1, 0.15) is 24.4 Å². The van der Waals surface area contributed by atoms with E-state index in [4.69, 9.17) is 18.9 Å². The zero-order chi connectivity index (χ0) is 24.8. The van der Waals surface area contributed by atoms with Crippen molar-refractivity contribution in [2.45, 2.75) is 84.9 Å². The second-order valence-electron chi connectivity index (χ2n) is 10.2. The lowest BCUT2D eigenvalue weighted by atomic mass is 9.66. The highest BCUT2D eigenvalue weighted by molar-refractivity contribution is 5.91. The van der Waals surface area contributed by atoms with Crippen molar-refractivity contribution in [1.29, 1.82) is 0 Å². The van der Waals surface area contributed by atoms with Gasteiger partial charge in [-0.2, -0.15) is 0 Å². The first-order valence-electron chi connectivity index (χ1n) is 11.4. The molecule has 0 aromatic carbocycles. The van der Waals surface area contributed by atoms with Gasteiger partial charge in [-0.3, -0.25) is 14.4 Å². The summed E-state index contributed by atoms with van der Waals surface area (Å²) in [5, 5.41) is 11.2. The third kappa shape index (κ3) is 4.39. The third-order valence-corrected chi connectivity index (χ3v) is 7.36. The van der Waals surface area contributed by atoms with Crippen molar-refractivity contribution >= 4 is 23.9 Å². The van der Waals surface area contributed by atoms with Crippen LogP contribution in [0.15, 0.2) is 12.2 Å². The molecular weight excluding hydrogens is 432 g/mol. The summed E-state index contributed by atoms with van der Waals surface area (Å²) in [6.07, 6.45) is -4.22. The van der Waals surface area contributed by atoms with Gasteiger partial charge < -0.3 is 24.1 Å². The Labute approximate surface area is 193 Å². The molecule has 3 fully saturated rings. The number of hydrogen-bond acceptors (Lipinski definition) is 9. The molecule has 3 rings (SSSR count). The number of esters is 4. The molecule has 0 aromatic rings. The molecule has 1 saturated heterocycles. The number of carbonyl (C=O) groups is 4. The predicted octanol–water partition coefficient (Wildman–Crippen LogP) is 1.94. The number of rotatable bonds is 5. The predicted molar refractivity (Wildman–Crippen MR) is 114 cm³/mol. The van der Waals surface area contributed by atoms with Crippen LogP contribution in [0.5, 0.6) is 0 Å². The molecule has 0 aromatic heterocycles. The summed E-state index contributed by atoms with van der Waals surface area (Å²) < 4.78 is 22.8. The monoisotopic (exact) mass is 466 g/mol. The van der Waals surface area contributed by atoms with Gasteiger partial charge in [-0.05, 0) is 11.8 Å². The fraction of sp³-hybridized carbons (Fsp3) is 0.750. The molecule has 2 saturated carbocycles. The molecule has 9 atom stereocenters. The van der Waals surface area contributed by atoms with E-state index in [9.17, 15) is 24.3 Å². The van der Waals surface area contributed by atoms with E-state index < -0.39 is 77.6 Å². The molecule has 1 heterocycles. The number of aliphatic hydroxyl groups excluding tert-OH is 1. The molecule has 1 aliphatic heterocycles. The summed E-state index contributed by atoms with van der Waals surface area (Å²) >= 11 is 0. The van der Waals surface area contributed by atoms with Gasteiger partial charge in [-0.15, -0.1) is 0 Å². The summed E-state index contributed by atoms with van der Waals surface area (Å²) in [6.45, 7) is 13.7. The molecule has 1 N–H and O–H groups in total. The second-order valence-corrected chi connectivity index (χ2v) is 10.2. The van der Waals surface area contributed by atoms with Crippen molar-refractivity contribution < 1.29 is 43.2 Å². The van der Waals surface area contributed by atoms with Crippen molar-refractivity contribution in [3.63, 3.8) is 0 Å². The molecule has 9 heteroatoms. The van der Waals surface area contributed by atoms with Crippen LogP contribution in [0.1, 0.15) is 54.4 Å². The van der Waals surface area contributed by atoms with E-state index >= 15 is 0 Å². The largest absolute Gasteiger partial charge is 0.462 e. The number of carbonyl (C=O) groups excluding carboxylic acids is 4. The minimum Gasteiger partial charge on any atom is -0.462 e. The van der Waals surface area contributed by atoms with E-state index in [1.54, 1.807) is 13.8 Å². The Balaban J connectivity index is 2.14. The SMILES string of the molecule is C=C1C(=O)O[C@H]2[C@H](O)[C@@H](C)[C@@H]3[C@@H](OC(=O)CC(C)C)C[C@@H](OC(C)=O)[C@@]3(C)[C@H](OC(C)=O)[C@H]12. The highest BCUT2D eigenvalue weighted by atomic mass is 16.6. The molecule has 3 aliphatic rings. The summed E-state index contributed by atoms with van der Waals surface area (Å²) in [5.74, 6) is -4.04. The fourth-order valence-corrected chi connectivity index (χ4v) is 6.07. The van der Waals surface area contributed by atoms with Crippen molar-refractivity contribution in [1.82, 2.24) is 0 Å². The van der Waals surface area contributed by atoms with Crippen LogP contribution < -0.4 is 0 Å². The number of hydrogen-bond donors (Lipinski definition) is 1. The molecule has 9 nitrogen and oxygen atoms in total. The highest BCUT2D eigenvalue weighted by Gasteiger charge is 2.69.